The van der Waals surface area contributed by atoms with Crippen molar-refractivity contribution >= 4 is 23.3 Å². The first-order valence-electron chi connectivity index (χ1n) is 8.51. The van der Waals surface area contributed by atoms with Crippen LogP contribution in [0.5, 0.6) is 0 Å². The molecule has 1 aliphatic heterocycles. The quantitative estimate of drug-likeness (QED) is 0.578. The molecule has 136 valence electrons. The van der Waals surface area contributed by atoms with Gasteiger partial charge >= 0.3 is 5.79 Å². The molecule has 0 radical (unpaired) electrons. The summed E-state index contributed by atoms with van der Waals surface area (Å²) in [5, 5.41) is 0. The summed E-state index contributed by atoms with van der Waals surface area (Å²) in [6, 6.07) is 17.3. The molecule has 1 heterocycles. The lowest BCUT2D eigenvalue weighted by atomic mass is 9.95. The van der Waals surface area contributed by atoms with Gasteiger partial charge in [-0.3, -0.25) is 9.59 Å². The number of hydrogen-bond donors (Lipinski definition) is 0. The van der Waals surface area contributed by atoms with Crippen LogP contribution < -0.4 is 0 Å². The maximum atomic E-state index is 13.2. The molecule has 1 saturated heterocycles. The van der Waals surface area contributed by atoms with E-state index < -0.39 is 22.8 Å². The lowest BCUT2D eigenvalue weighted by Gasteiger charge is -2.26. The molecule has 2 aromatic rings. The van der Waals surface area contributed by atoms with Gasteiger partial charge in [-0.25, -0.2) is 0 Å². The average Bonchev–Trinajstić information content (AvgIpc) is 3.05. The van der Waals surface area contributed by atoms with Crippen LogP contribution in [0.2, 0.25) is 0 Å². The molecule has 0 saturated carbocycles. The van der Waals surface area contributed by atoms with E-state index in [1.54, 1.807) is 60.3 Å². The number of ether oxygens (including phenoxy) is 2. The fraction of sp³-hybridized carbons (Fsp3) is 0.333. The van der Waals surface area contributed by atoms with E-state index in [-0.39, 0.29) is 11.4 Å². The second kappa shape index (κ2) is 7.35. The summed E-state index contributed by atoms with van der Waals surface area (Å²) in [7, 11) is 0. The van der Waals surface area contributed by atoms with E-state index in [9.17, 15) is 9.59 Å². The third kappa shape index (κ3) is 3.90. The predicted octanol–water partition coefficient (Wildman–Crippen LogP) is 4.35. The summed E-state index contributed by atoms with van der Waals surface area (Å²) in [4.78, 5) is 26.4. The third-order valence-electron chi connectivity index (χ3n) is 3.87. The molecule has 26 heavy (non-hydrogen) atoms. The van der Waals surface area contributed by atoms with Crippen LogP contribution >= 0.6 is 11.8 Å². The number of ketones is 2. The highest BCUT2D eigenvalue weighted by atomic mass is 32.2. The Hall–Kier alpha value is -1.95. The standard InChI is InChI=1S/C21H22O4S/c1-20(2,3)26-17-14-24-21(25-17,18(22)15-10-6-4-7-11-15)19(23)16-12-8-5-9-13-16/h4-13,17H,14H2,1-3H3. The monoisotopic (exact) mass is 370 g/mol. The minimum absolute atomic E-state index is 0.0876. The zero-order valence-electron chi connectivity index (χ0n) is 15.1. The summed E-state index contributed by atoms with van der Waals surface area (Å²) in [6.07, 6.45) is 0. The smallest absolute Gasteiger partial charge is 0.301 e. The van der Waals surface area contributed by atoms with Gasteiger partial charge in [0.1, 0.15) is 5.44 Å². The van der Waals surface area contributed by atoms with Crippen LogP contribution in [0.25, 0.3) is 0 Å². The van der Waals surface area contributed by atoms with Crippen molar-refractivity contribution in [3.63, 3.8) is 0 Å². The Bertz CT molecular complexity index is 729. The van der Waals surface area contributed by atoms with E-state index in [1.807, 2.05) is 12.1 Å². The molecule has 1 aliphatic rings. The van der Waals surface area contributed by atoms with Crippen molar-refractivity contribution in [3.8, 4) is 0 Å². The molecule has 0 aromatic heterocycles. The topological polar surface area (TPSA) is 52.6 Å². The van der Waals surface area contributed by atoms with E-state index >= 15 is 0 Å². The van der Waals surface area contributed by atoms with E-state index in [0.717, 1.165) is 0 Å². The first kappa shape index (κ1) is 18.8. The van der Waals surface area contributed by atoms with Crippen molar-refractivity contribution in [2.24, 2.45) is 0 Å². The molecular weight excluding hydrogens is 348 g/mol. The van der Waals surface area contributed by atoms with Gasteiger partial charge in [-0.1, -0.05) is 81.4 Å². The number of hydrogen-bond acceptors (Lipinski definition) is 5. The molecule has 0 spiro atoms. The molecule has 0 aliphatic carbocycles. The normalized spacial score (nSPS) is 19.3. The van der Waals surface area contributed by atoms with Gasteiger partial charge in [-0.05, 0) is 0 Å². The molecule has 4 nitrogen and oxygen atoms in total. The van der Waals surface area contributed by atoms with Crippen molar-refractivity contribution in [2.75, 3.05) is 6.61 Å². The molecule has 5 heteroatoms. The zero-order valence-corrected chi connectivity index (χ0v) is 15.9. The van der Waals surface area contributed by atoms with Crippen LogP contribution in [-0.4, -0.2) is 34.1 Å². The van der Waals surface area contributed by atoms with Gasteiger partial charge < -0.3 is 9.47 Å². The molecule has 0 bridgehead atoms. The Morgan fingerprint density at radius 3 is 1.81 bits per heavy atom. The van der Waals surface area contributed by atoms with Crippen molar-refractivity contribution in [3.05, 3.63) is 71.8 Å². The lowest BCUT2D eigenvalue weighted by Crippen LogP contribution is -2.48. The Morgan fingerprint density at radius 1 is 0.923 bits per heavy atom. The molecule has 1 fully saturated rings. The largest absolute Gasteiger partial charge is 0.333 e. The van der Waals surface area contributed by atoms with Gasteiger partial charge in [0.2, 0.25) is 11.6 Å². The Kier molecular flexibility index (Phi) is 5.32. The maximum absolute atomic E-state index is 13.2. The molecular formula is C21H22O4S. The minimum Gasteiger partial charge on any atom is -0.333 e. The van der Waals surface area contributed by atoms with Crippen LogP contribution in [-0.2, 0) is 9.47 Å². The van der Waals surface area contributed by atoms with E-state index in [1.165, 1.54) is 0 Å². The molecule has 1 unspecified atom stereocenters. The van der Waals surface area contributed by atoms with Gasteiger partial charge in [0.05, 0.1) is 6.61 Å². The number of rotatable bonds is 5. The van der Waals surface area contributed by atoms with Gasteiger partial charge in [-0.2, -0.15) is 0 Å². The maximum Gasteiger partial charge on any atom is 0.301 e. The second-order valence-corrected chi connectivity index (χ2v) is 9.08. The van der Waals surface area contributed by atoms with Crippen LogP contribution in [0, 0.1) is 0 Å². The van der Waals surface area contributed by atoms with Crippen LogP contribution in [0.3, 0.4) is 0 Å². The van der Waals surface area contributed by atoms with Gasteiger partial charge in [0.15, 0.2) is 0 Å². The summed E-state index contributed by atoms with van der Waals surface area (Å²) in [5.41, 5.74) is 0.381. The summed E-state index contributed by atoms with van der Waals surface area (Å²) >= 11 is 1.54. The number of benzene rings is 2. The highest BCUT2D eigenvalue weighted by Crippen LogP contribution is 2.39. The highest BCUT2D eigenvalue weighted by molar-refractivity contribution is 8.01. The second-order valence-electron chi connectivity index (χ2n) is 7.10. The minimum atomic E-state index is -1.94. The lowest BCUT2D eigenvalue weighted by molar-refractivity contribution is -0.0913. The SMILES string of the molecule is CC(C)(C)SC1COC(C(=O)c2ccccc2)(C(=O)c2ccccc2)O1. The molecule has 2 aromatic carbocycles. The number of carbonyl (C=O) groups is 2. The van der Waals surface area contributed by atoms with Gasteiger partial charge in [-0.15, -0.1) is 11.8 Å². The fourth-order valence-electron chi connectivity index (χ4n) is 2.79. The first-order valence-corrected chi connectivity index (χ1v) is 9.39. The van der Waals surface area contributed by atoms with Crippen molar-refractivity contribution in [1.82, 2.24) is 0 Å². The first-order chi connectivity index (χ1) is 12.3. The zero-order chi connectivity index (χ0) is 18.8. The Morgan fingerprint density at radius 2 is 1.38 bits per heavy atom. The van der Waals surface area contributed by atoms with Gasteiger partial charge in [0, 0.05) is 15.9 Å². The Labute approximate surface area is 157 Å². The van der Waals surface area contributed by atoms with Gasteiger partial charge in [0.25, 0.3) is 0 Å². The van der Waals surface area contributed by atoms with Crippen LogP contribution in [0.1, 0.15) is 41.5 Å². The summed E-state index contributed by atoms with van der Waals surface area (Å²) in [5.74, 6) is -2.88. The van der Waals surface area contributed by atoms with Crippen LogP contribution in [0.4, 0.5) is 0 Å². The summed E-state index contributed by atoms with van der Waals surface area (Å²) in [6.45, 7) is 6.34. The Balaban J connectivity index is 1.98. The van der Waals surface area contributed by atoms with Crippen molar-refractivity contribution in [2.45, 2.75) is 36.7 Å². The van der Waals surface area contributed by atoms with Crippen molar-refractivity contribution < 1.29 is 19.1 Å². The number of carbonyl (C=O) groups excluding carboxylic acids is 2. The van der Waals surface area contributed by atoms with E-state index in [2.05, 4.69) is 20.8 Å². The molecule has 0 amide bonds. The molecule has 3 rings (SSSR count). The van der Waals surface area contributed by atoms with Crippen molar-refractivity contribution in [1.29, 1.82) is 0 Å². The number of Topliss-reactive ketones (excluding diaryl/α,β-unsaturated/α-hetero) is 2. The average molecular weight is 370 g/mol. The van der Waals surface area contributed by atoms with Crippen LogP contribution in [0.15, 0.2) is 60.7 Å². The summed E-state index contributed by atoms with van der Waals surface area (Å²) < 4.78 is 11.7. The molecule has 1 atom stereocenters. The fourth-order valence-corrected chi connectivity index (χ4v) is 3.90. The number of thioether (sulfide) groups is 1. The molecule has 0 N–H and O–H groups in total. The van der Waals surface area contributed by atoms with E-state index in [4.69, 9.17) is 9.47 Å². The van der Waals surface area contributed by atoms with E-state index in [0.29, 0.717) is 11.1 Å². The third-order valence-corrected chi connectivity index (χ3v) is 5.08. The highest BCUT2D eigenvalue weighted by Gasteiger charge is 2.55. The predicted molar refractivity (Wildman–Crippen MR) is 102 cm³/mol.